The molecular formula is C4H8N2O4S2. The van der Waals surface area contributed by atoms with Crippen LogP contribution in [0, 0.1) is 20.2 Å². The molecule has 0 fully saturated rings. The van der Waals surface area contributed by atoms with Crippen LogP contribution in [-0.2, 0) is 0 Å². The molecular weight excluding hydrogens is 204 g/mol. The Morgan fingerprint density at radius 3 is 1.50 bits per heavy atom. The van der Waals surface area contributed by atoms with Gasteiger partial charge in [0.15, 0.2) is 0 Å². The zero-order chi connectivity index (χ0) is 9.40. The van der Waals surface area contributed by atoms with Crippen molar-refractivity contribution >= 4 is 21.6 Å². The molecule has 0 amide bonds. The van der Waals surface area contributed by atoms with Gasteiger partial charge in [0.2, 0.25) is 13.1 Å². The summed E-state index contributed by atoms with van der Waals surface area (Å²) in [5.74, 6) is 0.796. The lowest BCUT2D eigenvalue weighted by Gasteiger charge is -1.94. The lowest BCUT2D eigenvalue weighted by molar-refractivity contribution is -0.474. The highest BCUT2D eigenvalue weighted by atomic mass is 33.1. The van der Waals surface area contributed by atoms with E-state index in [4.69, 9.17) is 0 Å². The van der Waals surface area contributed by atoms with Gasteiger partial charge in [-0.25, -0.2) is 0 Å². The van der Waals surface area contributed by atoms with Gasteiger partial charge in [-0.3, -0.25) is 20.2 Å². The van der Waals surface area contributed by atoms with E-state index in [1.54, 1.807) is 0 Å². The SMILES string of the molecule is O=[N+]([O-])CCSSCC[N+](=O)[O-]. The maximum Gasteiger partial charge on any atom is 0.213 e. The van der Waals surface area contributed by atoms with Crippen molar-refractivity contribution in [2.24, 2.45) is 0 Å². The van der Waals surface area contributed by atoms with Gasteiger partial charge in [-0.15, -0.1) is 0 Å². The van der Waals surface area contributed by atoms with E-state index in [-0.39, 0.29) is 13.1 Å². The van der Waals surface area contributed by atoms with Crippen molar-refractivity contribution in [1.29, 1.82) is 0 Å². The minimum atomic E-state index is -0.402. The molecule has 0 radical (unpaired) electrons. The maximum atomic E-state index is 9.81. The standard InChI is InChI=1S/C4H8N2O4S2/c7-5(8)1-3-11-12-4-2-6(9)10/h1-4H2. The molecule has 0 heterocycles. The van der Waals surface area contributed by atoms with Gasteiger partial charge in [0, 0.05) is 9.85 Å². The van der Waals surface area contributed by atoms with E-state index in [1.807, 2.05) is 0 Å². The molecule has 0 aromatic carbocycles. The summed E-state index contributed by atoms with van der Waals surface area (Å²) < 4.78 is 0. The summed E-state index contributed by atoms with van der Waals surface area (Å²) in [6, 6.07) is 0. The molecule has 70 valence electrons. The Morgan fingerprint density at radius 2 is 1.25 bits per heavy atom. The highest BCUT2D eigenvalue weighted by Crippen LogP contribution is 2.19. The molecule has 8 heteroatoms. The fourth-order valence-electron chi connectivity index (χ4n) is 0.341. The van der Waals surface area contributed by atoms with Crippen LogP contribution in [0.4, 0.5) is 0 Å². The molecule has 0 saturated heterocycles. The quantitative estimate of drug-likeness (QED) is 0.270. The van der Waals surface area contributed by atoms with Gasteiger partial charge < -0.3 is 0 Å². The zero-order valence-corrected chi connectivity index (χ0v) is 7.81. The van der Waals surface area contributed by atoms with Crippen LogP contribution >= 0.6 is 21.6 Å². The summed E-state index contributed by atoms with van der Waals surface area (Å²) in [6.45, 7) is -0.174. The molecule has 0 aromatic rings. The third kappa shape index (κ3) is 9.50. The van der Waals surface area contributed by atoms with Gasteiger partial charge in [-0.05, 0) is 0 Å². The van der Waals surface area contributed by atoms with Crippen LogP contribution in [0.2, 0.25) is 0 Å². The Hall–Kier alpha value is -0.500. The first-order valence-corrected chi connectivity index (χ1v) is 5.59. The van der Waals surface area contributed by atoms with Gasteiger partial charge in [0.1, 0.15) is 0 Å². The van der Waals surface area contributed by atoms with Crippen molar-refractivity contribution < 1.29 is 9.85 Å². The largest absolute Gasteiger partial charge is 0.265 e. The van der Waals surface area contributed by atoms with E-state index >= 15 is 0 Å². The normalized spacial score (nSPS) is 9.67. The van der Waals surface area contributed by atoms with Gasteiger partial charge in [-0.2, -0.15) is 0 Å². The third-order valence-electron chi connectivity index (χ3n) is 0.798. The number of rotatable bonds is 7. The second kappa shape index (κ2) is 7.17. The Bertz CT molecular complexity index is 147. The Kier molecular flexibility index (Phi) is 6.87. The molecule has 0 rings (SSSR count). The fourth-order valence-corrected chi connectivity index (χ4v) is 2.18. The second-order valence-corrected chi connectivity index (χ2v) is 4.46. The fraction of sp³-hybridized carbons (Fsp3) is 1.00. The Morgan fingerprint density at radius 1 is 0.917 bits per heavy atom. The summed E-state index contributed by atoms with van der Waals surface area (Å²) in [6.07, 6.45) is 0. The first kappa shape index (κ1) is 11.5. The number of nitro groups is 2. The molecule has 0 bridgehead atoms. The lowest BCUT2D eigenvalue weighted by Crippen LogP contribution is -2.04. The molecule has 12 heavy (non-hydrogen) atoms. The molecule has 0 N–H and O–H groups in total. The van der Waals surface area contributed by atoms with Crippen molar-refractivity contribution in [2.75, 3.05) is 24.6 Å². The van der Waals surface area contributed by atoms with Crippen LogP contribution in [0.25, 0.3) is 0 Å². The minimum absolute atomic E-state index is 0.0872. The average Bonchev–Trinajstić information content (AvgIpc) is 1.95. The van der Waals surface area contributed by atoms with E-state index in [1.165, 1.54) is 21.6 Å². The number of hydrogen-bond acceptors (Lipinski definition) is 6. The van der Waals surface area contributed by atoms with Gasteiger partial charge in [0.25, 0.3) is 0 Å². The predicted molar refractivity (Wildman–Crippen MR) is 48.6 cm³/mol. The smallest absolute Gasteiger partial charge is 0.213 e. The van der Waals surface area contributed by atoms with Crippen molar-refractivity contribution in [3.63, 3.8) is 0 Å². The van der Waals surface area contributed by atoms with Crippen molar-refractivity contribution in [3.8, 4) is 0 Å². The summed E-state index contributed by atoms with van der Waals surface area (Å²) in [5.41, 5.74) is 0. The zero-order valence-electron chi connectivity index (χ0n) is 6.17. The van der Waals surface area contributed by atoms with Gasteiger partial charge >= 0.3 is 0 Å². The summed E-state index contributed by atoms with van der Waals surface area (Å²) in [5, 5.41) is 19.6. The molecule has 0 saturated carbocycles. The predicted octanol–water partition coefficient (Wildman–Crippen LogP) is 0.921. The lowest BCUT2D eigenvalue weighted by atomic mass is 10.8. The molecule has 0 atom stereocenters. The van der Waals surface area contributed by atoms with Crippen LogP contribution in [0.3, 0.4) is 0 Å². The van der Waals surface area contributed by atoms with Crippen LogP contribution in [-0.4, -0.2) is 34.4 Å². The Balaban J connectivity index is 3.01. The van der Waals surface area contributed by atoms with Crippen molar-refractivity contribution in [2.45, 2.75) is 0 Å². The van der Waals surface area contributed by atoms with E-state index < -0.39 is 9.85 Å². The van der Waals surface area contributed by atoms with Crippen molar-refractivity contribution in [3.05, 3.63) is 20.2 Å². The second-order valence-electron chi connectivity index (χ2n) is 1.76. The minimum Gasteiger partial charge on any atom is -0.265 e. The van der Waals surface area contributed by atoms with Crippen molar-refractivity contribution in [1.82, 2.24) is 0 Å². The molecule has 6 nitrogen and oxygen atoms in total. The highest BCUT2D eigenvalue weighted by molar-refractivity contribution is 8.76. The van der Waals surface area contributed by atoms with Gasteiger partial charge in [-0.1, -0.05) is 21.6 Å². The maximum absolute atomic E-state index is 9.81. The summed E-state index contributed by atoms with van der Waals surface area (Å²) >= 11 is 0. The monoisotopic (exact) mass is 212 g/mol. The molecule has 0 aromatic heterocycles. The van der Waals surface area contributed by atoms with Crippen LogP contribution < -0.4 is 0 Å². The summed E-state index contributed by atoms with van der Waals surface area (Å²) in [4.78, 5) is 18.8. The van der Waals surface area contributed by atoms with Crippen LogP contribution in [0.1, 0.15) is 0 Å². The molecule has 0 aliphatic heterocycles. The van der Waals surface area contributed by atoms with E-state index in [9.17, 15) is 20.2 Å². The van der Waals surface area contributed by atoms with Gasteiger partial charge in [0.05, 0.1) is 11.5 Å². The van der Waals surface area contributed by atoms with E-state index in [0.29, 0.717) is 11.5 Å². The first-order chi connectivity index (χ1) is 5.63. The molecule has 0 aliphatic rings. The number of nitrogens with zero attached hydrogens (tertiary/aromatic N) is 2. The van der Waals surface area contributed by atoms with Crippen LogP contribution in [0.5, 0.6) is 0 Å². The topological polar surface area (TPSA) is 86.3 Å². The number of hydrogen-bond donors (Lipinski definition) is 0. The summed E-state index contributed by atoms with van der Waals surface area (Å²) in [7, 11) is 2.59. The third-order valence-corrected chi connectivity index (χ3v) is 3.16. The Labute approximate surface area is 76.8 Å². The first-order valence-electron chi connectivity index (χ1n) is 3.11. The van der Waals surface area contributed by atoms with E-state index in [2.05, 4.69) is 0 Å². The van der Waals surface area contributed by atoms with E-state index in [0.717, 1.165) is 0 Å². The average molecular weight is 212 g/mol. The molecule has 0 spiro atoms. The highest BCUT2D eigenvalue weighted by Gasteiger charge is 2.00. The molecule has 0 unspecified atom stereocenters. The van der Waals surface area contributed by atoms with Crippen LogP contribution in [0.15, 0.2) is 0 Å². The molecule has 0 aliphatic carbocycles.